The van der Waals surface area contributed by atoms with Gasteiger partial charge in [-0.25, -0.2) is 0 Å². The molecule has 0 bridgehead atoms. The number of aromatic nitrogens is 1. The molecule has 1 aromatic heterocycles. The van der Waals surface area contributed by atoms with Crippen LogP contribution in [0.3, 0.4) is 0 Å². The number of pyridine rings is 1. The summed E-state index contributed by atoms with van der Waals surface area (Å²) < 4.78 is 5.87. The van der Waals surface area contributed by atoms with Crippen LogP contribution in [0, 0.1) is 6.92 Å². The third kappa shape index (κ3) is 3.36. The van der Waals surface area contributed by atoms with Crippen LogP contribution < -0.4 is 4.74 Å². The number of hydrogen-bond donors (Lipinski definition) is 0. The van der Waals surface area contributed by atoms with Gasteiger partial charge in [0.2, 0.25) is 0 Å². The van der Waals surface area contributed by atoms with Gasteiger partial charge in [-0.3, -0.25) is 4.98 Å². The highest BCUT2D eigenvalue weighted by molar-refractivity contribution is 6.17. The normalized spacial score (nSPS) is 20.3. The van der Waals surface area contributed by atoms with Crippen molar-refractivity contribution in [3.63, 3.8) is 0 Å². The average Bonchev–Trinajstić information content (AvgIpc) is 2.76. The van der Waals surface area contributed by atoms with Crippen LogP contribution in [0.4, 0.5) is 0 Å². The fraction of sp³-hybridized carbons (Fsp3) is 0.643. The smallest absolute Gasteiger partial charge is 0.127 e. The summed E-state index contributed by atoms with van der Waals surface area (Å²) in [5, 5.41) is 0. The van der Waals surface area contributed by atoms with Crippen LogP contribution in [-0.4, -0.2) is 36.1 Å². The number of rotatable bonds is 5. The molecule has 18 heavy (non-hydrogen) atoms. The number of aryl methyl sites for hydroxylation is 1. The first-order valence-electron chi connectivity index (χ1n) is 6.55. The van der Waals surface area contributed by atoms with E-state index in [2.05, 4.69) is 16.9 Å². The van der Waals surface area contributed by atoms with Gasteiger partial charge in [-0.15, -0.1) is 11.6 Å². The minimum absolute atomic E-state index is 0.450. The maximum Gasteiger partial charge on any atom is 0.127 e. The molecule has 0 spiro atoms. The molecule has 1 saturated heterocycles. The second-order valence-electron chi connectivity index (χ2n) is 4.98. The third-order valence-corrected chi connectivity index (χ3v) is 3.89. The van der Waals surface area contributed by atoms with Gasteiger partial charge in [0.05, 0.1) is 12.5 Å². The predicted octanol–water partition coefficient (Wildman–Crippen LogP) is 2.99. The van der Waals surface area contributed by atoms with Crippen LogP contribution in [0.2, 0.25) is 0 Å². The second kappa shape index (κ2) is 6.39. The van der Waals surface area contributed by atoms with Gasteiger partial charge in [0.1, 0.15) is 5.75 Å². The van der Waals surface area contributed by atoms with Crippen molar-refractivity contribution in [2.45, 2.75) is 38.1 Å². The number of hydrogen-bond acceptors (Lipinski definition) is 3. The molecule has 1 aliphatic rings. The molecule has 0 aliphatic carbocycles. The zero-order valence-electron chi connectivity index (χ0n) is 11.2. The fourth-order valence-electron chi connectivity index (χ4n) is 2.45. The van der Waals surface area contributed by atoms with Crippen LogP contribution in [0.1, 0.15) is 30.5 Å². The molecule has 0 N–H and O–H groups in total. The van der Waals surface area contributed by atoms with Crippen molar-refractivity contribution in [1.29, 1.82) is 0 Å². The van der Waals surface area contributed by atoms with E-state index < -0.39 is 0 Å². The van der Waals surface area contributed by atoms with Gasteiger partial charge in [-0.1, -0.05) is 0 Å². The summed E-state index contributed by atoms with van der Waals surface area (Å²) in [7, 11) is 2.19. The Balaban J connectivity index is 1.87. The van der Waals surface area contributed by atoms with E-state index in [-0.39, 0.29) is 0 Å². The van der Waals surface area contributed by atoms with E-state index in [0.29, 0.717) is 11.9 Å². The molecule has 100 valence electrons. The first kappa shape index (κ1) is 13.6. The van der Waals surface area contributed by atoms with Gasteiger partial charge in [-0.05, 0) is 39.8 Å². The lowest BCUT2D eigenvalue weighted by molar-refractivity contribution is 0.232. The van der Waals surface area contributed by atoms with E-state index in [1.54, 1.807) is 6.20 Å². The Morgan fingerprint density at radius 2 is 2.39 bits per heavy atom. The summed E-state index contributed by atoms with van der Waals surface area (Å²) in [5.41, 5.74) is 1.94. The first-order chi connectivity index (χ1) is 8.70. The molecule has 1 fully saturated rings. The molecular weight excluding hydrogens is 248 g/mol. The molecule has 0 saturated carbocycles. The monoisotopic (exact) mass is 268 g/mol. The lowest BCUT2D eigenvalue weighted by Crippen LogP contribution is -2.26. The topological polar surface area (TPSA) is 25.4 Å². The number of alkyl halides is 1. The molecule has 0 amide bonds. The van der Waals surface area contributed by atoms with E-state index in [1.165, 1.54) is 19.4 Å². The van der Waals surface area contributed by atoms with Crippen molar-refractivity contribution in [2.24, 2.45) is 0 Å². The highest BCUT2D eigenvalue weighted by Crippen LogP contribution is 2.22. The van der Waals surface area contributed by atoms with E-state index in [9.17, 15) is 0 Å². The Morgan fingerprint density at radius 3 is 3.06 bits per heavy atom. The molecule has 2 heterocycles. The first-order valence-corrected chi connectivity index (χ1v) is 7.08. The van der Waals surface area contributed by atoms with Gasteiger partial charge in [0.15, 0.2) is 0 Å². The lowest BCUT2D eigenvalue weighted by atomic mass is 10.1. The van der Waals surface area contributed by atoms with E-state index in [1.807, 2.05) is 13.0 Å². The highest BCUT2D eigenvalue weighted by Gasteiger charge is 2.20. The summed E-state index contributed by atoms with van der Waals surface area (Å²) in [6, 6.07) is 2.64. The SMILES string of the molecule is Cc1cc(OCCC2CCCN2C)c(CCl)cn1. The van der Waals surface area contributed by atoms with Crippen LogP contribution in [-0.2, 0) is 5.88 Å². The van der Waals surface area contributed by atoms with Crippen molar-refractivity contribution in [3.05, 3.63) is 23.5 Å². The summed E-state index contributed by atoms with van der Waals surface area (Å²) in [6.45, 7) is 3.93. The van der Waals surface area contributed by atoms with Crippen LogP contribution in [0.5, 0.6) is 5.75 Å². The van der Waals surface area contributed by atoms with Gasteiger partial charge in [-0.2, -0.15) is 0 Å². The van der Waals surface area contributed by atoms with Crippen molar-refractivity contribution < 1.29 is 4.74 Å². The summed E-state index contributed by atoms with van der Waals surface area (Å²) in [6.07, 6.45) is 5.49. The van der Waals surface area contributed by atoms with Gasteiger partial charge >= 0.3 is 0 Å². The molecule has 1 aliphatic heterocycles. The van der Waals surface area contributed by atoms with Crippen LogP contribution in [0.15, 0.2) is 12.3 Å². The molecule has 1 aromatic rings. The van der Waals surface area contributed by atoms with E-state index in [4.69, 9.17) is 16.3 Å². The Kier molecular flexibility index (Phi) is 4.84. The molecule has 2 rings (SSSR count). The van der Waals surface area contributed by atoms with Crippen molar-refractivity contribution in [1.82, 2.24) is 9.88 Å². The number of halogens is 1. The quantitative estimate of drug-likeness (QED) is 0.768. The number of ether oxygens (including phenoxy) is 1. The Morgan fingerprint density at radius 1 is 1.56 bits per heavy atom. The minimum Gasteiger partial charge on any atom is -0.493 e. The average molecular weight is 269 g/mol. The van der Waals surface area contributed by atoms with Crippen LogP contribution >= 0.6 is 11.6 Å². The molecule has 0 aromatic carbocycles. The summed E-state index contributed by atoms with van der Waals surface area (Å²) >= 11 is 5.89. The Bertz CT molecular complexity index is 397. The molecule has 0 radical (unpaired) electrons. The van der Waals surface area contributed by atoms with Crippen molar-refractivity contribution >= 4 is 11.6 Å². The van der Waals surface area contributed by atoms with E-state index in [0.717, 1.165) is 30.0 Å². The van der Waals surface area contributed by atoms with Gasteiger partial charge < -0.3 is 9.64 Å². The molecule has 1 unspecified atom stereocenters. The van der Waals surface area contributed by atoms with Crippen molar-refractivity contribution in [3.8, 4) is 5.75 Å². The van der Waals surface area contributed by atoms with Crippen LogP contribution in [0.25, 0.3) is 0 Å². The minimum atomic E-state index is 0.450. The fourth-order valence-corrected chi connectivity index (χ4v) is 2.65. The molecule has 4 heteroatoms. The third-order valence-electron chi connectivity index (χ3n) is 3.60. The maximum absolute atomic E-state index is 5.89. The lowest BCUT2D eigenvalue weighted by Gasteiger charge is -2.19. The van der Waals surface area contributed by atoms with Gasteiger partial charge in [0.25, 0.3) is 0 Å². The maximum atomic E-state index is 5.89. The highest BCUT2D eigenvalue weighted by atomic mass is 35.5. The largest absolute Gasteiger partial charge is 0.493 e. The van der Waals surface area contributed by atoms with E-state index >= 15 is 0 Å². The molecular formula is C14H21ClN2O. The Hall–Kier alpha value is -0.800. The zero-order chi connectivity index (χ0) is 13.0. The Labute approximate surface area is 114 Å². The standard InChI is InChI=1S/C14H21ClN2O/c1-11-8-14(12(9-15)10-16-11)18-7-5-13-4-3-6-17(13)2/h8,10,13H,3-7,9H2,1-2H3. The number of likely N-dealkylation sites (tertiary alicyclic amines) is 1. The van der Waals surface area contributed by atoms with Gasteiger partial charge in [0, 0.05) is 29.6 Å². The predicted molar refractivity (Wildman–Crippen MR) is 74.3 cm³/mol. The van der Waals surface area contributed by atoms with Crippen molar-refractivity contribution in [2.75, 3.05) is 20.2 Å². The molecule has 3 nitrogen and oxygen atoms in total. The number of nitrogens with zero attached hydrogens (tertiary/aromatic N) is 2. The summed E-state index contributed by atoms with van der Waals surface area (Å²) in [5.74, 6) is 1.34. The zero-order valence-corrected chi connectivity index (χ0v) is 11.9. The molecule has 1 atom stereocenters. The summed E-state index contributed by atoms with van der Waals surface area (Å²) in [4.78, 5) is 6.66. The second-order valence-corrected chi connectivity index (χ2v) is 5.25.